The highest BCUT2D eigenvalue weighted by molar-refractivity contribution is 7.89. The Labute approximate surface area is 193 Å². The first-order valence-electron chi connectivity index (χ1n) is 10.2. The van der Waals surface area contributed by atoms with Gasteiger partial charge in [-0.3, -0.25) is 4.79 Å². The fourth-order valence-corrected chi connectivity index (χ4v) is 6.07. The maximum absolute atomic E-state index is 13.2. The van der Waals surface area contributed by atoms with E-state index in [0.717, 1.165) is 11.7 Å². The summed E-state index contributed by atoms with van der Waals surface area (Å²) in [4.78, 5) is 14.9. The van der Waals surface area contributed by atoms with E-state index in [2.05, 4.69) is 13.8 Å². The van der Waals surface area contributed by atoms with Gasteiger partial charge in [0, 0.05) is 26.2 Å². The van der Waals surface area contributed by atoms with Crippen molar-refractivity contribution in [3.05, 3.63) is 65.7 Å². The minimum absolute atomic E-state index is 0.130. The van der Waals surface area contributed by atoms with Crippen LogP contribution in [0.25, 0.3) is 16.7 Å². The molecule has 1 saturated heterocycles. The van der Waals surface area contributed by atoms with Crippen LogP contribution < -0.4 is 0 Å². The molecule has 0 radical (unpaired) electrons. The second-order valence-corrected chi connectivity index (χ2v) is 10.1. The molecule has 4 aromatic rings. The number of piperazine rings is 1. The van der Waals surface area contributed by atoms with Gasteiger partial charge in [0.1, 0.15) is 21.7 Å². The van der Waals surface area contributed by atoms with Gasteiger partial charge in [0.15, 0.2) is 0 Å². The highest BCUT2D eigenvalue weighted by Gasteiger charge is 2.33. The van der Waals surface area contributed by atoms with E-state index in [9.17, 15) is 17.6 Å². The van der Waals surface area contributed by atoms with E-state index in [1.807, 2.05) is 0 Å². The molecule has 5 rings (SSSR count). The van der Waals surface area contributed by atoms with Crippen LogP contribution in [0.4, 0.5) is 4.39 Å². The molecule has 0 aliphatic carbocycles. The third kappa shape index (κ3) is 3.79. The molecule has 0 bridgehead atoms. The molecule has 1 aliphatic heterocycles. The molecule has 2 aromatic carbocycles. The number of sulfonamides is 1. The van der Waals surface area contributed by atoms with Crippen molar-refractivity contribution in [2.45, 2.75) is 11.8 Å². The van der Waals surface area contributed by atoms with E-state index in [1.165, 1.54) is 28.7 Å². The molecular formula is C21H19FN6O3S2. The van der Waals surface area contributed by atoms with Gasteiger partial charge < -0.3 is 4.90 Å². The summed E-state index contributed by atoms with van der Waals surface area (Å²) in [5.74, 6) is -0.571. The number of halogens is 1. The number of amides is 1. The summed E-state index contributed by atoms with van der Waals surface area (Å²) in [5.41, 5.74) is 2.61. The van der Waals surface area contributed by atoms with Crippen LogP contribution in [0.2, 0.25) is 0 Å². The Bertz CT molecular complexity index is 1440. The number of hydrogen-bond acceptors (Lipinski definition) is 7. The number of carbonyl (C=O) groups excluding carboxylic acids is 1. The average molecular weight is 487 g/mol. The lowest BCUT2D eigenvalue weighted by atomic mass is 10.2. The van der Waals surface area contributed by atoms with Crippen LogP contribution in [0.15, 0.2) is 53.6 Å². The molecule has 1 amide bonds. The lowest BCUT2D eigenvalue weighted by Crippen LogP contribution is -2.50. The molecule has 9 nitrogen and oxygen atoms in total. The highest BCUT2D eigenvalue weighted by atomic mass is 32.2. The number of benzene rings is 2. The van der Waals surface area contributed by atoms with E-state index >= 15 is 0 Å². The average Bonchev–Trinajstić information content (AvgIpc) is 3.46. The Morgan fingerprint density at radius 1 is 1.03 bits per heavy atom. The molecule has 1 fully saturated rings. The van der Waals surface area contributed by atoms with Crippen molar-refractivity contribution in [1.82, 2.24) is 27.7 Å². The van der Waals surface area contributed by atoms with Crippen LogP contribution in [-0.2, 0) is 10.0 Å². The third-order valence-corrected chi connectivity index (χ3v) is 8.18. The fourth-order valence-electron chi connectivity index (χ4n) is 3.89. The minimum Gasteiger partial charge on any atom is -0.336 e. The largest absolute Gasteiger partial charge is 0.336 e. The summed E-state index contributed by atoms with van der Waals surface area (Å²) >= 11 is 0.972. The van der Waals surface area contributed by atoms with E-state index in [1.54, 1.807) is 40.8 Å². The van der Waals surface area contributed by atoms with Gasteiger partial charge in [-0.2, -0.15) is 18.2 Å². The maximum Gasteiger partial charge on any atom is 0.257 e. The van der Waals surface area contributed by atoms with Gasteiger partial charge >= 0.3 is 0 Å². The zero-order chi connectivity index (χ0) is 23.2. The highest BCUT2D eigenvalue weighted by Crippen LogP contribution is 2.25. The van der Waals surface area contributed by atoms with E-state index in [0.29, 0.717) is 28.0 Å². The van der Waals surface area contributed by atoms with Crippen LogP contribution >= 0.6 is 11.7 Å². The Kier molecular flexibility index (Phi) is 5.43. The molecule has 170 valence electrons. The molecule has 0 atom stereocenters. The zero-order valence-electron chi connectivity index (χ0n) is 17.5. The van der Waals surface area contributed by atoms with E-state index in [-0.39, 0.29) is 42.8 Å². The molecule has 1 aliphatic rings. The van der Waals surface area contributed by atoms with Gasteiger partial charge in [-0.05, 0) is 43.3 Å². The molecule has 2 aromatic heterocycles. The van der Waals surface area contributed by atoms with Gasteiger partial charge in [0.2, 0.25) is 10.0 Å². The van der Waals surface area contributed by atoms with Crippen molar-refractivity contribution in [2.24, 2.45) is 0 Å². The molecule has 0 unspecified atom stereocenters. The molecule has 0 spiro atoms. The van der Waals surface area contributed by atoms with Gasteiger partial charge in [0.25, 0.3) is 5.91 Å². The Hall–Kier alpha value is -3.22. The Balaban J connectivity index is 1.32. The zero-order valence-corrected chi connectivity index (χ0v) is 19.2. The van der Waals surface area contributed by atoms with Crippen molar-refractivity contribution in [1.29, 1.82) is 0 Å². The van der Waals surface area contributed by atoms with Crippen LogP contribution in [0.3, 0.4) is 0 Å². The molecule has 33 heavy (non-hydrogen) atoms. The third-order valence-electron chi connectivity index (χ3n) is 5.70. The van der Waals surface area contributed by atoms with Crippen LogP contribution in [0.1, 0.15) is 16.1 Å². The maximum atomic E-state index is 13.2. The first-order chi connectivity index (χ1) is 15.9. The molecular weight excluding hydrogens is 467 g/mol. The summed E-state index contributed by atoms with van der Waals surface area (Å²) in [7, 11) is -3.76. The summed E-state index contributed by atoms with van der Waals surface area (Å²) in [6.45, 7) is 2.63. The molecule has 0 N–H and O–H groups in total. The number of aromatic nitrogens is 4. The van der Waals surface area contributed by atoms with Crippen LogP contribution in [0, 0.1) is 12.7 Å². The van der Waals surface area contributed by atoms with Crippen LogP contribution in [-0.4, -0.2) is 68.2 Å². The Morgan fingerprint density at radius 3 is 2.48 bits per heavy atom. The smallest absolute Gasteiger partial charge is 0.257 e. The minimum atomic E-state index is -3.76. The topological polar surface area (TPSA) is 101 Å². The molecule has 0 saturated carbocycles. The summed E-state index contributed by atoms with van der Waals surface area (Å²) < 4.78 is 50.8. The molecule has 12 heteroatoms. The monoisotopic (exact) mass is 486 g/mol. The van der Waals surface area contributed by atoms with Gasteiger partial charge in [0.05, 0.1) is 34.9 Å². The Morgan fingerprint density at radius 2 is 1.76 bits per heavy atom. The van der Waals surface area contributed by atoms with E-state index < -0.39 is 10.0 Å². The number of hydrogen-bond donors (Lipinski definition) is 0. The lowest BCUT2D eigenvalue weighted by Gasteiger charge is -2.34. The first-order valence-corrected chi connectivity index (χ1v) is 12.3. The van der Waals surface area contributed by atoms with Gasteiger partial charge in [-0.1, -0.05) is 6.07 Å². The SMILES string of the molecule is Cc1c(C(=O)N2CCN(S(=O)(=O)c3cccc4nsnc34)CC2)cnn1-c1ccc(F)cc1. The van der Waals surface area contributed by atoms with Crippen molar-refractivity contribution in [2.75, 3.05) is 26.2 Å². The fraction of sp³-hybridized carbons (Fsp3) is 0.238. The molecule has 3 heterocycles. The van der Waals surface area contributed by atoms with Crippen molar-refractivity contribution in [3.8, 4) is 5.69 Å². The number of carbonyl (C=O) groups is 1. The number of nitrogens with zero attached hydrogens (tertiary/aromatic N) is 6. The standard InChI is InChI=1S/C21H19FN6O3S2/c1-14-17(13-23-28(14)16-7-5-15(22)6-8-16)21(29)26-9-11-27(12-10-26)33(30,31)19-4-2-3-18-20(19)25-32-24-18/h2-8,13H,9-12H2,1H3. The predicted octanol–water partition coefficient (Wildman–Crippen LogP) is 2.47. The lowest BCUT2D eigenvalue weighted by molar-refractivity contribution is 0.0697. The normalized spacial score (nSPS) is 15.3. The second-order valence-electron chi connectivity index (χ2n) is 7.62. The quantitative estimate of drug-likeness (QED) is 0.439. The van der Waals surface area contributed by atoms with Gasteiger partial charge in [-0.25, -0.2) is 17.5 Å². The second kappa shape index (κ2) is 8.28. The number of rotatable bonds is 4. The van der Waals surface area contributed by atoms with Crippen molar-refractivity contribution < 1.29 is 17.6 Å². The van der Waals surface area contributed by atoms with Crippen molar-refractivity contribution >= 4 is 38.7 Å². The summed E-state index contributed by atoms with van der Waals surface area (Å²) in [6, 6.07) is 10.8. The van der Waals surface area contributed by atoms with Crippen LogP contribution in [0.5, 0.6) is 0 Å². The number of fused-ring (bicyclic) bond motifs is 1. The first kappa shape index (κ1) is 21.6. The van der Waals surface area contributed by atoms with E-state index in [4.69, 9.17) is 0 Å². The van der Waals surface area contributed by atoms with Gasteiger partial charge in [-0.15, -0.1) is 0 Å². The summed E-state index contributed by atoms with van der Waals surface area (Å²) in [5, 5.41) is 4.28. The van der Waals surface area contributed by atoms with Crippen molar-refractivity contribution in [3.63, 3.8) is 0 Å². The predicted molar refractivity (Wildman–Crippen MR) is 120 cm³/mol. The summed E-state index contributed by atoms with van der Waals surface area (Å²) in [6.07, 6.45) is 1.49.